The van der Waals surface area contributed by atoms with Gasteiger partial charge in [0.15, 0.2) is 0 Å². The lowest BCUT2D eigenvalue weighted by Crippen LogP contribution is -2.49. The fourth-order valence-electron chi connectivity index (χ4n) is 4.81. The van der Waals surface area contributed by atoms with Crippen LogP contribution in [0.3, 0.4) is 0 Å². The summed E-state index contributed by atoms with van der Waals surface area (Å²) in [5.74, 6) is 0.860. The number of rotatable bonds is 6. The molecule has 0 amide bonds. The summed E-state index contributed by atoms with van der Waals surface area (Å²) in [7, 11) is 0. The van der Waals surface area contributed by atoms with Crippen molar-refractivity contribution in [1.29, 1.82) is 0 Å². The Morgan fingerprint density at radius 1 is 1.05 bits per heavy atom. The lowest BCUT2D eigenvalue weighted by atomic mass is 9.77. The lowest BCUT2D eigenvalue weighted by Gasteiger charge is -2.41. The molecule has 1 atom stereocenters. The van der Waals surface area contributed by atoms with Crippen molar-refractivity contribution < 1.29 is 0 Å². The van der Waals surface area contributed by atoms with Crippen LogP contribution < -0.4 is 5.32 Å². The smallest absolute Gasteiger partial charge is 0.0198 e. The molecule has 1 aliphatic heterocycles. The first kappa shape index (κ1) is 14.8. The number of nitrogens with zero attached hydrogens (tertiary/aromatic N) is 1. The maximum atomic E-state index is 3.86. The van der Waals surface area contributed by atoms with Crippen LogP contribution in [0.4, 0.5) is 0 Å². The molecule has 0 aromatic carbocycles. The molecule has 3 fully saturated rings. The molecule has 1 heterocycles. The standard InChI is InChI=1S/C18H34N2/c1-15(2)12-18(9-3-4-10-18)14-20-11-5-6-17(13-20)19-16-7-8-16/h15-17,19H,3-14H2,1-2H3. The van der Waals surface area contributed by atoms with E-state index in [9.17, 15) is 0 Å². The van der Waals surface area contributed by atoms with Gasteiger partial charge in [-0.25, -0.2) is 0 Å². The van der Waals surface area contributed by atoms with Gasteiger partial charge in [-0.1, -0.05) is 26.7 Å². The molecule has 20 heavy (non-hydrogen) atoms. The van der Waals surface area contributed by atoms with E-state index in [2.05, 4.69) is 24.1 Å². The Hall–Kier alpha value is -0.0800. The molecule has 0 radical (unpaired) electrons. The third kappa shape index (κ3) is 3.98. The largest absolute Gasteiger partial charge is 0.310 e. The van der Waals surface area contributed by atoms with E-state index >= 15 is 0 Å². The van der Waals surface area contributed by atoms with Gasteiger partial charge in [0, 0.05) is 25.2 Å². The van der Waals surface area contributed by atoms with E-state index < -0.39 is 0 Å². The second-order valence-electron chi connectivity index (χ2n) is 8.32. The van der Waals surface area contributed by atoms with Crippen LogP contribution in [0.5, 0.6) is 0 Å². The Morgan fingerprint density at radius 2 is 1.80 bits per heavy atom. The first-order chi connectivity index (χ1) is 9.65. The van der Waals surface area contributed by atoms with Crippen LogP contribution in [-0.4, -0.2) is 36.6 Å². The summed E-state index contributed by atoms with van der Waals surface area (Å²) in [6.07, 6.45) is 13.0. The van der Waals surface area contributed by atoms with Crippen LogP contribution in [0.15, 0.2) is 0 Å². The van der Waals surface area contributed by atoms with Crippen molar-refractivity contribution in [1.82, 2.24) is 10.2 Å². The molecule has 1 N–H and O–H groups in total. The summed E-state index contributed by atoms with van der Waals surface area (Å²) in [4.78, 5) is 2.80. The van der Waals surface area contributed by atoms with Gasteiger partial charge in [0.05, 0.1) is 0 Å². The van der Waals surface area contributed by atoms with Crippen molar-refractivity contribution in [3.8, 4) is 0 Å². The highest BCUT2D eigenvalue weighted by molar-refractivity contribution is 4.92. The molecular weight excluding hydrogens is 244 g/mol. The second kappa shape index (κ2) is 6.36. The third-order valence-corrected chi connectivity index (χ3v) is 5.62. The molecule has 2 nitrogen and oxygen atoms in total. The van der Waals surface area contributed by atoms with E-state index in [0.717, 1.165) is 18.0 Å². The van der Waals surface area contributed by atoms with Gasteiger partial charge >= 0.3 is 0 Å². The predicted octanol–water partition coefficient (Wildman–Crippen LogP) is 3.81. The highest BCUT2D eigenvalue weighted by Gasteiger charge is 2.37. The molecule has 2 aliphatic carbocycles. The van der Waals surface area contributed by atoms with E-state index in [4.69, 9.17) is 0 Å². The van der Waals surface area contributed by atoms with Crippen LogP contribution in [0.2, 0.25) is 0 Å². The average Bonchev–Trinajstić information content (AvgIpc) is 3.08. The highest BCUT2D eigenvalue weighted by Crippen LogP contribution is 2.44. The fraction of sp³-hybridized carbons (Fsp3) is 1.00. The van der Waals surface area contributed by atoms with Crippen molar-refractivity contribution in [3.05, 3.63) is 0 Å². The molecule has 1 saturated heterocycles. The van der Waals surface area contributed by atoms with E-state index in [1.807, 2.05) is 0 Å². The summed E-state index contributed by atoms with van der Waals surface area (Å²) in [6, 6.07) is 1.66. The summed E-state index contributed by atoms with van der Waals surface area (Å²) in [5.41, 5.74) is 0.662. The van der Waals surface area contributed by atoms with Gasteiger partial charge in [0.25, 0.3) is 0 Å². The SMILES string of the molecule is CC(C)CC1(CN2CCCC(NC3CC3)C2)CCCC1. The predicted molar refractivity (Wildman–Crippen MR) is 86.0 cm³/mol. The molecule has 0 spiro atoms. The van der Waals surface area contributed by atoms with E-state index in [0.29, 0.717) is 5.41 Å². The normalized spacial score (nSPS) is 31.1. The summed E-state index contributed by atoms with van der Waals surface area (Å²) >= 11 is 0. The average molecular weight is 278 g/mol. The van der Waals surface area contributed by atoms with E-state index in [-0.39, 0.29) is 0 Å². The minimum atomic E-state index is 0.662. The summed E-state index contributed by atoms with van der Waals surface area (Å²) in [6.45, 7) is 8.87. The third-order valence-electron chi connectivity index (χ3n) is 5.62. The molecule has 1 unspecified atom stereocenters. The Balaban J connectivity index is 1.53. The minimum absolute atomic E-state index is 0.662. The van der Waals surface area contributed by atoms with Crippen molar-refractivity contribution in [3.63, 3.8) is 0 Å². The number of hydrogen-bond donors (Lipinski definition) is 1. The Morgan fingerprint density at radius 3 is 2.45 bits per heavy atom. The molecular formula is C18H34N2. The van der Waals surface area contributed by atoms with Gasteiger partial charge in [-0.3, -0.25) is 0 Å². The molecule has 3 rings (SSSR count). The van der Waals surface area contributed by atoms with Gasteiger partial charge in [-0.15, -0.1) is 0 Å². The van der Waals surface area contributed by atoms with Crippen molar-refractivity contribution in [2.45, 2.75) is 83.7 Å². The van der Waals surface area contributed by atoms with Crippen LogP contribution in [0.25, 0.3) is 0 Å². The number of nitrogens with one attached hydrogen (secondary N) is 1. The zero-order valence-electron chi connectivity index (χ0n) is 13.7. The Kier molecular flexibility index (Phi) is 4.72. The minimum Gasteiger partial charge on any atom is -0.310 e. The number of hydrogen-bond acceptors (Lipinski definition) is 2. The first-order valence-electron chi connectivity index (χ1n) is 9.14. The summed E-state index contributed by atoms with van der Waals surface area (Å²) in [5, 5.41) is 3.86. The number of piperidine rings is 1. The Bertz CT molecular complexity index is 303. The first-order valence-corrected chi connectivity index (χ1v) is 9.14. The van der Waals surface area contributed by atoms with Crippen LogP contribution in [0.1, 0.15) is 71.6 Å². The van der Waals surface area contributed by atoms with Crippen molar-refractivity contribution in [2.75, 3.05) is 19.6 Å². The fourth-order valence-corrected chi connectivity index (χ4v) is 4.81. The molecule has 0 aromatic rings. The van der Waals surface area contributed by atoms with Gasteiger partial charge in [0.2, 0.25) is 0 Å². The maximum Gasteiger partial charge on any atom is 0.0198 e. The van der Waals surface area contributed by atoms with Crippen LogP contribution in [0, 0.1) is 11.3 Å². The van der Waals surface area contributed by atoms with Crippen molar-refractivity contribution in [2.24, 2.45) is 11.3 Å². The van der Waals surface area contributed by atoms with Crippen LogP contribution >= 0.6 is 0 Å². The van der Waals surface area contributed by atoms with Gasteiger partial charge in [0.1, 0.15) is 0 Å². The molecule has 116 valence electrons. The zero-order chi connectivity index (χ0) is 14.0. The highest BCUT2D eigenvalue weighted by atomic mass is 15.2. The number of likely N-dealkylation sites (tertiary alicyclic amines) is 1. The van der Waals surface area contributed by atoms with Gasteiger partial charge in [-0.05, 0) is 62.8 Å². The second-order valence-corrected chi connectivity index (χ2v) is 8.32. The van der Waals surface area contributed by atoms with Gasteiger partial charge in [-0.2, -0.15) is 0 Å². The summed E-state index contributed by atoms with van der Waals surface area (Å²) < 4.78 is 0. The lowest BCUT2D eigenvalue weighted by molar-refractivity contribution is 0.0980. The zero-order valence-corrected chi connectivity index (χ0v) is 13.7. The van der Waals surface area contributed by atoms with Gasteiger partial charge < -0.3 is 10.2 Å². The molecule has 0 aromatic heterocycles. The van der Waals surface area contributed by atoms with Crippen LogP contribution in [-0.2, 0) is 0 Å². The monoisotopic (exact) mass is 278 g/mol. The van der Waals surface area contributed by atoms with E-state index in [1.165, 1.54) is 77.4 Å². The Labute approximate surface area is 125 Å². The molecule has 2 saturated carbocycles. The van der Waals surface area contributed by atoms with E-state index in [1.54, 1.807) is 0 Å². The topological polar surface area (TPSA) is 15.3 Å². The quantitative estimate of drug-likeness (QED) is 0.795. The maximum absolute atomic E-state index is 3.86. The van der Waals surface area contributed by atoms with Crippen molar-refractivity contribution >= 4 is 0 Å². The molecule has 2 heteroatoms. The molecule has 3 aliphatic rings. The molecule has 0 bridgehead atoms.